The first kappa shape index (κ1) is 29.2. The van der Waals surface area contributed by atoms with Crippen LogP contribution in [0.2, 0.25) is 0 Å². The summed E-state index contributed by atoms with van der Waals surface area (Å²) in [6, 6.07) is 5.02. The van der Waals surface area contributed by atoms with Gasteiger partial charge in [0.25, 0.3) is 0 Å². The fraction of sp³-hybridized carbons (Fsp3) is 0.231. The van der Waals surface area contributed by atoms with Gasteiger partial charge in [0.15, 0.2) is 0 Å². The van der Waals surface area contributed by atoms with Gasteiger partial charge in [0, 0.05) is 0 Å². The monoisotopic (exact) mass is 556 g/mol. The Balaban J connectivity index is 1.82. The van der Waals surface area contributed by atoms with Crippen molar-refractivity contribution in [3.8, 4) is 0 Å². The number of carboxylic acids is 4. The second-order valence-corrected chi connectivity index (χ2v) is 8.66. The average Bonchev–Trinajstić information content (AvgIpc) is 2.91. The lowest BCUT2D eigenvalue weighted by atomic mass is 9.79. The molecule has 4 N–H and O–H groups in total. The van der Waals surface area contributed by atoms with Crippen molar-refractivity contribution in [1.82, 2.24) is 0 Å². The van der Waals surface area contributed by atoms with Gasteiger partial charge in [-0.3, -0.25) is 9.59 Å². The summed E-state index contributed by atoms with van der Waals surface area (Å²) in [7, 11) is 0. The summed E-state index contributed by atoms with van der Waals surface area (Å²) >= 11 is 0. The maximum absolute atomic E-state index is 12.9. The first-order valence-corrected chi connectivity index (χ1v) is 11.5. The van der Waals surface area contributed by atoms with Crippen LogP contribution >= 0.6 is 0 Å². The number of carbonyl (C=O) groups is 8. The molecule has 208 valence electrons. The van der Waals surface area contributed by atoms with Crippen LogP contribution < -0.4 is 0 Å². The molecule has 0 radical (unpaired) electrons. The van der Waals surface area contributed by atoms with Crippen LogP contribution in [0.4, 0.5) is 0 Å². The predicted molar refractivity (Wildman–Crippen MR) is 127 cm³/mol. The first-order chi connectivity index (χ1) is 18.8. The maximum atomic E-state index is 12.9. The Morgan fingerprint density at radius 3 is 1.18 bits per heavy atom. The summed E-state index contributed by atoms with van der Waals surface area (Å²) in [4.78, 5) is 96.5. The molecule has 0 aromatic heterocycles. The number of aromatic carboxylic acids is 4. The summed E-state index contributed by atoms with van der Waals surface area (Å²) in [5, 5.41) is 36.9. The van der Waals surface area contributed by atoms with Gasteiger partial charge >= 0.3 is 47.8 Å². The largest absolute Gasteiger partial charge is 0.478 e. The molecule has 0 heterocycles. The highest BCUT2D eigenvalue weighted by Crippen LogP contribution is 2.33. The van der Waals surface area contributed by atoms with E-state index in [2.05, 4.69) is 0 Å². The molecule has 1 aliphatic carbocycles. The van der Waals surface area contributed by atoms with Gasteiger partial charge in [-0.05, 0) is 49.2 Å². The lowest BCUT2D eigenvalue weighted by molar-refractivity contribution is -0.156. The number of rotatable bonds is 8. The molecule has 2 aromatic rings. The van der Waals surface area contributed by atoms with Crippen molar-refractivity contribution in [2.45, 2.75) is 25.7 Å². The fourth-order valence-corrected chi connectivity index (χ4v) is 4.20. The van der Waals surface area contributed by atoms with Crippen LogP contribution in [0.1, 0.15) is 87.8 Å². The zero-order valence-electron chi connectivity index (χ0n) is 20.3. The van der Waals surface area contributed by atoms with E-state index in [1.807, 2.05) is 0 Å². The van der Waals surface area contributed by atoms with Crippen LogP contribution in [0.3, 0.4) is 0 Å². The van der Waals surface area contributed by atoms with Crippen LogP contribution in [0.25, 0.3) is 0 Å². The highest BCUT2D eigenvalue weighted by Gasteiger charge is 2.40. The molecular formula is C26H20O14. The van der Waals surface area contributed by atoms with Gasteiger partial charge < -0.3 is 29.9 Å². The molecule has 0 bridgehead atoms. The fourth-order valence-electron chi connectivity index (χ4n) is 4.20. The molecule has 14 heteroatoms. The number of carboxylic acid groups (broad SMARTS) is 4. The molecule has 40 heavy (non-hydrogen) atoms. The molecule has 2 atom stereocenters. The van der Waals surface area contributed by atoms with Gasteiger partial charge in [0.05, 0.1) is 45.2 Å². The van der Waals surface area contributed by atoms with Crippen molar-refractivity contribution >= 4 is 47.8 Å². The number of hydrogen-bond acceptors (Lipinski definition) is 10. The number of benzene rings is 2. The molecule has 14 nitrogen and oxygen atoms in total. The Morgan fingerprint density at radius 1 is 0.525 bits per heavy atom. The minimum atomic E-state index is -1.60. The molecule has 2 unspecified atom stereocenters. The minimum Gasteiger partial charge on any atom is -0.478 e. The highest BCUT2D eigenvalue weighted by atomic mass is 16.6. The van der Waals surface area contributed by atoms with Gasteiger partial charge in [0.1, 0.15) is 0 Å². The third-order valence-corrected chi connectivity index (χ3v) is 6.19. The molecule has 1 saturated carbocycles. The van der Waals surface area contributed by atoms with E-state index in [9.17, 15) is 48.6 Å². The van der Waals surface area contributed by atoms with Gasteiger partial charge in [0.2, 0.25) is 0 Å². The Hall–Kier alpha value is -5.40. The van der Waals surface area contributed by atoms with Crippen molar-refractivity contribution in [2.75, 3.05) is 0 Å². The average molecular weight is 556 g/mol. The van der Waals surface area contributed by atoms with E-state index >= 15 is 0 Å². The molecule has 0 saturated heterocycles. The van der Waals surface area contributed by atoms with Crippen LogP contribution in [0.5, 0.6) is 0 Å². The van der Waals surface area contributed by atoms with Crippen LogP contribution in [-0.2, 0) is 19.1 Å². The molecule has 1 aliphatic rings. The van der Waals surface area contributed by atoms with Crippen molar-refractivity contribution in [3.63, 3.8) is 0 Å². The second kappa shape index (κ2) is 12.0. The topological polar surface area (TPSA) is 236 Å². The van der Waals surface area contributed by atoms with Crippen LogP contribution in [0.15, 0.2) is 36.4 Å². The number of carbonyl (C=O) groups excluding carboxylic acids is 4. The van der Waals surface area contributed by atoms with E-state index < -0.39 is 93.0 Å². The Kier molecular flexibility index (Phi) is 8.73. The number of hydrogen-bond donors (Lipinski definition) is 4. The molecule has 2 aromatic carbocycles. The SMILES string of the molecule is O=C(O)c1ccc(C(=O)O)c(C(=O)OC(=O)C2CCCCC2C(=O)OC(=O)c2cc(C(=O)O)ccc2C(=O)O)c1. The zero-order valence-corrected chi connectivity index (χ0v) is 20.3. The maximum Gasteiger partial charge on any atom is 0.346 e. The smallest absolute Gasteiger partial charge is 0.346 e. The molecule has 0 amide bonds. The quantitative estimate of drug-likeness (QED) is 0.270. The molecule has 0 spiro atoms. The van der Waals surface area contributed by atoms with E-state index in [0.29, 0.717) is 12.8 Å². The van der Waals surface area contributed by atoms with Crippen molar-refractivity contribution in [1.29, 1.82) is 0 Å². The second-order valence-electron chi connectivity index (χ2n) is 8.66. The van der Waals surface area contributed by atoms with E-state index in [-0.39, 0.29) is 12.8 Å². The van der Waals surface area contributed by atoms with Gasteiger partial charge in [-0.2, -0.15) is 0 Å². The van der Waals surface area contributed by atoms with Crippen molar-refractivity contribution < 1.29 is 68.3 Å². The lowest BCUT2D eigenvalue weighted by Crippen LogP contribution is -2.37. The Morgan fingerprint density at radius 2 is 0.875 bits per heavy atom. The summed E-state index contributed by atoms with van der Waals surface area (Å²) in [6.45, 7) is 0. The third-order valence-electron chi connectivity index (χ3n) is 6.19. The van der Waals surface area contributed by atoms with Gasteiger partial charge in [-0.1, -0.05) is 12.8 Å². The van der Waals surface area contributed by atoms with Crippen LogP contribution in [-0.4, -0.2) is 68.2 Å². The van der Waals surface area contributed by atoms with Crippen LogP contribution in [0, 0.1) is 11.8 Å². The van der Waals surface area contributed by atoms with E-state index in [0.717, 1.165) is 36.4 Å². The van der Waals surface area contributed by atoms with Gasteiger partial charge in [-0.15, -0.1) is 0 Å². The highest BCUT2D eigenvalue weighted by molar-refractivity contribution is 6.09. The number of esters is 4. The first-order valence-electron chi connectivity index (χ1n) is 11.5. The van der Waals surface area contributed by atoms with E-state index in [4.69, 9.17) is 19.7 Å². The number of ether oxygens (including phenoxy) is 2. The summed E-state index contributed by atoms with van der Waals surface area (Å²) < 4.78 is 9.59. The molecule has 1 fully saturated rings. The standard InChI is InChI=1S/C26H20O14/c27-19(28)11-5-7-13(21(31)32)17(9-11)25(37)39-23(35)15-3-1-2-4-16(15)24(36)40-26(38)18-10-12(20(29)30)6-8-14(18)22(33)34/h5-10,15-16H,1-4H2,(H,27,28)(H,29,30)(H,31,32)(H,33,34). The minimum absolute atomic E-state index is 0.00982. The van der Waals surface area contributed by atoms with E-state index in [1.165, 1.54) is 0 Å². The Labute approximate surface area is 223 Å². The normalized spacial score (nSPS) is 16.3. The van der Waals surface area contributed by atoms with Crippen molar-refractivity contribution in [3.05, 3.63) is 69.8 Å². The summed E-state index contributed by atoms with van der Waals surface area (Å²) in [5.41, 5.74) is -3.60. The molecular weight excluding hydrogens is 536 g/mol. The molecule has 0 aliphatic heterocycles. The van der Waals surface area contributed by atoms with E-state index in [1.54, 1.807) is 0 Å². The van der Waals surface area contributed by atoms with Crippen molar-refractivity contribution in [2.24, 2.45) is 11.8 Å². The third kappa shape index (κ3) is 6.35. The predicted octanol–water partition coefficient (Wildman–Crippen LogP) is 2.35. The lowest BCUT2D eigenvalue weighted by Gasteiger charge is -2.27. The Bertz CT molecular complexity index is 1340. The van der Waals surface area contributed by atoms with Gasteiger partial charge in [-0.25, -0.2) is 28.8 Å². The summed E-state index contributed by atoms with van der Waals surface area (Å²) in [6.07, 6.45) is 0.834. The molecule has 3 rings (SSSR count). The zero-order chi connectivity index (χ0) is 29.7. The summed E-state index contributed by atoms with van der Waals surface area (Å²) in [5.74, 6) is -14.2.